The van der Waals surface area contributed by atoms with E-state index in [9.17, 15) is 9.18 Å². The molecule has 26 heavy (non-hydrogen) atoms. The van der Waals surface area contributed by atoms with Crippen molar-refractivity contribution in [3.8, 4) is 0 Å². The van der Waals surface area contributed by atoms with Crippen molar-refractivity contribution in [1.82, 2.24) is 4.90 Å². The number of amides is 1. The van der Waals surface area contributed by atoms with Crippen molar-refractivity contribution in [2.45, 2.75) is 12.5 Å². The summed E-state index contributed by atoms with van der Waals surface area (Å²) in [7, 11) is 0. The van der Waals surface area contributed by atoms with Crippen molar-refractivity contribution in [2.75, 3.05) is 31.1 Å². The van der Waals surface area contributed by atoms with E-state index in [-0.39, 0.29) is 11.7 Å². The fraction of sp³-hybridized carbons (Fsp3) is 0.300. The Morgan fingerprint density at radius 3 is 2.42 bits per heavy atom. The van der Waals surface area contributed by atoms with Gasteiger partial charge < -0.3 is 14.6 Å². The first kappa shape index (κ1) is 16.6. The molecule has 1 amide bonds. The maximum Gasteiger partial charge on any atom is 0.267 e. The van der Waals surface area contributed by atoms with E-state index in [0.29, 0.717) is 30.8 Å². The van der Waals surface area contributed by atoms with Crippen LogP contribution in [0.15, 0.2) is 59.8 Å². The number of piperazine rings is 1. The van der Waals surface area contributed by atoms with Crippen molar-refractivity contribution in [1.29, 1.82) is 0 Å². The van der Waals surface area contributed by atoms with Crippen LogP contribution in [-0.2, 0) is 9.63 Å². The van der Waals surface area contributed by atoms with Crippen molar-refractivity contribution in [2.24, 2.45) is 5.16 Å². The number of nitrogens with zero attached hydrogens (tertiary/aromatic N) is 3. The van der Waals surface area contributed by atoms with Crippen LogP contribution in [0.3, 0.4) is 0 Å². The average molecular weight is 353 g/mol. The molecule has 4 rings (SSSR count). The molecule has 2 aliphatic rings. The second-order valence-electron chi connectivity index (χ2n) is 6.46. The number of hydrogen-bond acceptors (Lipinski definition) is 4. The Bertz CT molecular complexity index is 817. The number of carbonyl (C=O) groups excluding carboxylic acids is 1. The lowest BCUT2D eigenvalue weighted by molar-refractivity contribution is -0.142. The van der Waals surface area contributed by atoms with Gasteiger partial charge in [-0.15, -0.1) is 0 Å². The first-order valence-electron chi connectivity index (χ1n) is 8.79. The molecular weight excluding hydrogens is 333 g/mol. The lowest BCUT2D eigenvalue weighted by Gasteiger charge is -2.36. The Labute approximate surface area is 151 Å². The van der Waals surface area contributed by atoms with Crippen molar-refractivity contribution < 1.29 is 14.0 Å². The molecule has 0 saturated carbocycles. The topological polar surface area (TPSA) is 45.1 Å². The lowest BCUT2D eigenvalue weighted by atomic mass is 10.0. The molecule has 1 saturated heterocycles. The molecule has 6 heteroatoms. The Kier molecular flexibility index (Phi) is 4.56. The molecule has 1 atom stereocenters. The Morgan fingerprint density at radius 2 is 1.69 bits per heavy atom. The minimum absolute atomic E-state index is 0.0761. The number of anilines is 1. The summed E-state index contributed by atoms with van der Waals surface area (Å²) in [6.45, 7) is 2.85. The molecule has 0 radical (unpaired) electrons. The zero-order valence-electron chi connectivity index (χ0n) is 14.3. The summed E-state index contributed by atoms with van der Waals surface area (Å²) in [5.41, 5.74) is 2.06. The van der Waals surface area contributed by atoms with E-state index in [2.05, 4.69) is 22.2 Å². The molecule has 0 bridgehead atoms. The van der Waals surface area contributed by atoms with Crippen LogP contribution in [0.25, 0.3) is 0 Å². The maximum absolute atomic E-state index is 13.9. The Balaban J connectivity index is 1.35. The molecule has 2 aromatic carbocycles. The second-order valence-corrected chi connectivity index (χ2v) is 6.46. The molecule has 2 heterocycles. The van der Waals surface area contributed by atoms with Crippen LogP contribution < -0.4 is 4.90 Å². The van der Waals surface area contributed by atoms with E-state index in [1.807, 2.05) is 23.1 Å². The molecule has 0 N–H and O–H groups in total. The van der Waals surface area contributed by atoms with Gasteiger partial charge in [-0.1, -0.05) is 41.6 Å². The monoisotopic (exact) mass is 353 g/mol. The zero-order chi connectivity index (χ0) is 17.9. The van der Waals surface area contributed by atoms with Crippen molar-refractivity contribution >= 4 is 17.3 Å². The smallest absolute Gasteiger partial charge is 0.267 e. The summed E-state index contributed by atoms with van der Waals surface area (Å²) in [6.07, 6.45) is -0.355. The Morgan fingerprint density at radius 1 is 1.00 bits per heavy atom. The summed E-state index contributed by atoms with van der Waals surface area (Å²) >= 11 is 0. The predicted octanol–water partition coefficient (Wildman–Crippen LogP) is 2.67. The zero-order valence-corrected chi connectivity index (χ0v) is 14.3. The van der Waals surface area contributed by atoms with Gasteiger partial charge >= 0.3 is 0 Å². The number of carbonyl (C=O) groups is 1. The highest BCUT2D eigenvalue weighted by molar-refractivity contribution is 6.04. The van der Waals surface area contributed by atoms with E-state index in [1.54, 1.807) is 18.2 Å². The van der Waals surface area contributed by atoms with E-state index < -0.39 is 6.10 Å². The number of halogens is 1. The van der Waals surface area contributed by atoms with Gasteiger partial charge in [0.1, 0.15) is 5.82 Å². The number of hydrogen-bond donors (Lipinski definition) is 0. The van der Waals surface area contributed by atoms with Crippen LogP contribution in [-0.4, -0.2) is 48.8 Å². The minimum atomic E-state index is -0.659. The second kappa shape index (κ2) is 7.15. The van der Waals surface area contributed by atoms with Gasteiger partial charge in [-0.25, -0.2) is 4.39 Å². The summed E-state index contributed by atoms with van der Waals surface area (Å²) in [5, 5.41) is 3.95. The van der Waals surface area contributed by atoms with E-state index in [4.69, 9.17) is 4.84 Å². The SMILES string of the molecule is O=C([C@H]1CC(c2ccccc2F)=NO1)N1CCN(c2ccccc2)CC1. The summed E-state index contributed by atoms with van der Waals surface area (Å²) in [5.74, 6) is -0.424. The largest absolute Gasteiger partial charge is 0.382 e. The quantitative estimate of drug-likeness (QED) is 0.852. The third-order valence-corrected chi connectivity index (χ3v) is 4.84. The van der Waals surface area contributed by atoms with Gasteiger partial charge in [0.15, 0.2) is 0 Å². The first-order chi connectivity index (χ1) is 12.7. The third kappa shape index (κ3) is 3.27. The van der Waals surface area contributed by atoms with Gasteiger partial charge in [-0.2, -0.15) is 0 Å². The highest BCUT2D eigenvalue weighted by Crippen LogP contribution is 2.22. The summed E-state index contributed by atoms with van der Waals surface area (Å²) in [6, 6.07) is 16.6. The molecule has 0 aromatic heterocycles. The molecule has 2 aliphatic heterocycles. The van der Waals surface area contributed by atoms with Crippen LogP contribution in [0.1, 0.15) is 12.0 Å². The van der Waals surface area contributed by atoms with Crippen LogP contribution in [0, 0.1) is 5.82 Å². The van der Waals surface area contributed by atoms with Crippen LogP contribution >= 0.6 is 0 Å². The minimum Gasteiger partial charge on any atom is -0.382 e. The predicted molar refractivity (Wildman–Crippen MR) is 97.7 cm³/mol. The molecule has 0 aliphatic carbocycles. The first-order valence-corrected chi connectivity index (χ1v) is 8.79. The average Bonchev–Trinajstić information content (AvgIpc) is 3.18. The molecule has 2 aromatic rings. The number of rotatable bonds is 3. The number of benzene rings is 2. The Hall–Kier alpha value is -2.89. The molecule has 0 spiro atoms. The highest BCUT2D eigenvalue weighted by atomic mass is 19.1. The van der Waals surface area contributed by atoms with Gasteiger partial charge in [-0.3, -0.25) is 4.79 Å². The van der Waals surface area contributed by atoms with Crippen LogP contribution in [0.5, 0.6) is 0 Å². The van der Waals surface area contributed by atoms with Crippen molar-refractivity contribution in [3.05, 3.63) is 66.0 Å². The number of para-hydroxylation sites is 1. The van der Waals surface area contributed by atoms with Crippen molar-refractivity contribution in [3.63, 3.8) is 0 Å². The van der Waals surface area contributed by atoms with Crippen LogP contribution in [0.4, 0.5) is 10.1 Å². The van der Waals surface area contributed by atoms with Gasteiger partial charge in [0.25, 0.3) is 5.91 Å². The molecule has 1 fully saturated rings. The van der Waals surface area contributed by atoms with Gasteiger partial charge in [0.05, 0.1) is 5.71 Å². The fourth-order valence-electron chi connectivity index (χ4n) is 3.39. The lowest BCUT2D eigenvalue weighted by Crippen LogP contribution is -2.51. The molecular formula is C20H20FN3O2. The fourth-order valence-corrected chi connectivity index (χ4v) is 3.39. The van der Waals surface area contributed by atoms with Gasteiger partial charge in [0.2, 0.25) is 6.10 Å². The third-order valence-electron chi connectivity index (χ3n) is 4.84. The van der Waals surface area contributed by atoms with E-state index in [1.165, 1.54) is 11.8 Å². The molecule has 0 unspecified atom stereocenters. The highest BCUT2D eigenvalue weighted by Gasteiger charge is 2.34. The van der Waals surface area contributed by atoms with Crippen LogP contribution in [0.2, 0.25) is 0 Å². The van der Waals surface area contributed by atoms with E-state index >= 15 is 0 Å². The van der Waals surface area contributed by atoms with Gasteiger partial charge in [-0.05, 0) is 18.2 Å². The number of oxime groups is 1. The summed E-state index contributed by atoms with van der Waals surface area (Å²) in [4.78, 5) is 22.1. The molecule has 134 valence electrons. The molecule has 5 nitrogen and oxygen atoms in total. The van der Waals surface area contributed by atoms with Gasteiger partial charge in [0, 0.05) is 43.9 Å². The van der Waals surface area contributed by atoms with E-state index in [0.717, 1.165) is 13.1 Å². The normalized spacial score (nSPS) is 19.9. The maximum atomic E-state index is 13.9. The standard InChI is InChI=1S/C20H20FN3O2/c21-17-9-5-4-8-16(17)18-14-19(26-22-18)20(25)24-12-10-23(11-13-24)15-6-2-1-3-7-15/h1-9,19H,10-14H2/t19-/m1/s1. The summed E-state index contributed by atoms with van der Waals surface area (Å²) < 4.78 is 13.9.